The highest BCUT2D eigenvalue weighted by atomic mass is 32.7. The first kappa shape index (κ1) is 26.0. The normalized spacial score (nSPS) is 15.3. The molecule has 37 heavy (non-hydrogen) atoms. The van der Waals surface area contributed by atoms with Gasteiger partial charge in [-0.05, 0) is 88.3 Å². The Morgan fingerprint density at radius 3 is 2.57 bits per heavy atom. The third-order valence-electron chi connectivity index (χ3n) is 6.75. The molecule has 0 aliphatic carbocycles. The Bertz CT molecular complexity index is 1380. The van der Waals surface area contributed by atoms with Gasteiger partial charge in [0.05, 0.1) is 6.20 Å². The first-order chi connectivity index (χ1) is 17.9. The van der Waals surface area contributed by atoms with Crippen molar-refractivity contribution in [1.82, 2.24) is 24.9 Å². The Balaban J connectivity index is 1.45. The molecule has 3 N–H and O–H groups in total. The molecule has 1 atom stereocenters. The number of nitrogens with one attached hydrogen (secondary N) is 3. The Kier molecular flexibility index (Phi) is 7.98. The van der Waals surface area contributed by atoms with Crippen molar-refractivity contribution in [3.05, 3.63) is 65.4 Å². The number of benzene rings is 2. The number of para-hydroxylation sites is 1. The molecule has 3 heterocycles. The van der Waals surface area contributed by atoms with Crippen LogP contribution in [0.25, 0.3) is 5.65 Å². The molecule has 0 spiro atoms. The number of aromatic nitrogens is 4. The fraction of sp³-hybridized carbons (Fsp3) is 0.393. The van der Waals surface area contributed by atoms with Crippen LogP contribution in [0.3, 0.4) is 0 Å². The van der Waals surface area contributed by atoms with Gasteiger partial charge < -0.3 is 16.0 Å². The number of rotatable bonds is 8. The van der Waals surface area contributed by atoms with Crippen LogP contribution in [0.4, 0.5) is 23.3 Å². The summed E-state index contributed by atoms with van der Waals surface area (Å²) in [5.74, 6) is 1.83. The lowest BCUT2D eigenvalue weighted by Crippen LogP contribution is -2.27. The quantitative estimate of drug-likeness (QED) is 0.224. The molecular formula is C28H36N7PS. The second-order valence-electron chi connectivity index (χ2n) is 9.94. The lowest BCUT2D eigenvalue weighted by molar-refractivity contribution is 0.459. The van der Waals surface area contributed by atoms with Gasteiger partial charge in [-0.2, -0.15) is 19.6 Å². The summed E-state index contributed by atoms with van der Waals surface area (Å²) in [5.41, 5.74) is 6.83. The number of fused-ring (bicyclic) bond motifs is 1. The maximum atomic E-state index is 4.87. The Morgan fingerprint density at radius 2 is 1.78 bits per heavy atom. The Hall–Kier alpha value is -2.67. The van der Waals surface area contributed by atoms with E-state index in [0.29, 0.717) is 23.1 Å². The highest BCUT2D eigenvalue weighted by Crippen LogP contribution is 2.49. The summed E-state index contributed by atoms with van der Waals surface area (Å²) in [5, 5.41) is 16.9. The molecule has 1 aliphatic heterocycles. The smallest absolute Gasteiger partial charge is 0.233 e. The summed E-state index contributed by atoms with van der Waals surface area (Å²) in [4.78, 5) is 9.61. The fourth-order valence-electron chi connectivity index (χ4n) is 4.98. The van der Waals surface area contributed by atoms with Crippen LogP contribution in [-0.4, -0.2) is 44.6 Å². The molecule has 1 saturated heterocycles. The second-order valence-corrected chi connectivity index (χ2v) is 14.8. The van der Waals surface area contributed by atoms with E-state index in [1.807, 2.05) is 17.4 Å². The summed E-state index contributed by atoms with van der Waals surface area (Å²) in [6.45, 7) is 13.4. The van der Waals surface area contributed by atoms with E-state index in [2.05, 4.69) is 91.8 Å². The van der Waals surface area contributed by atoms with E-state index in [1.54, 1.807) is 10.7 Å². The Labute approximate surface area is 224 Å². The van der Waals surface area contributed by atoms with Gasteiger partial charge in [0, 0.05) is 28.0 Å². The van der Waals surface area contributed by atoms with Crippen molar-refractivity contribution in [2.24, 2.45) is 0 Å². The molecule has 1 unspecified atom stereocenters. The molecule has 4 aromatic rings. The van der Waals surface area contributed by atoms with Crippen molar-refractivity contribution in [2.75, 3.05) is 30.4 Å². The van der Waals surface area contributed by atoms with Crippen molar-refractivity contribution in [2.45, 2.75) is 51.7 Å². The maximum Gasteiger partial charge on any atom is 0.233 e. The van der Waals surface area contributed by atoms with Gasteiger partial charge in [0.1, 0.15) is 0 Å². The fourth-order valence-corrected chi connectivity index (χ4v) is 9.20. The minimum atomic E-state index is -0.367. The molecule has 0 saturated carbocycles. The first-order valence-electron chi connectivity index (χ1n) is 13.0. The second kappa shape index (κ2) is 11.4. The van der Waals surface area contributed by atoms with Gasteiger partial charge >= 0.3 is 0 Å². The van der Waals surface area contributed by atoms with Crippen LogP contribution in [0.2, 0.25) is 0 Å². The number of hydrogen-bond acceptors (Lipinski definition) is 7. The van der Waals surface area contributed by atoms with Gasteiger partial charge in [-0.15, -0.1) is 11.4 Å². The average Bonchev–Trinajstić information content (AvgIpc) is 3.35. The first-order valence-corrected chi connectivity index (χ1v) is 16.2. The van der Waals surface area contributed by atoms with Crippen LogP contribution in [0.5, 0.6) is 0 Å². The predicted octanol–water partition coefficient (Wildman–Crippen LogP) is 6.49. The van der Waals surface area contributed by atoms with Crippen molar-refractivity contribution < 1.29 is 0 Å². The van der Waals surface area contributed by atoms with Gasteiger partial charge in [-0.3, -0.25) is 0 Å². The highest BCUT2D eigenvalue weighted by molar-refractivity contribution is 8.58. The van der Waals surface area contributed by atoms with E-state index >= 15 is 0 Å². The molecular weight excluding hydrogens is 497 g/mol. The van der Waals surface area contributed by atoms with E-state index in [-0.39, 0.29) is 7.12 Å². The highest BCUT2D eigenvalue weighted by Gasteiger charge is 2.19. The molecule has 1 aliphatic rings. The molecule has 5 rings (SSSR count). The molecule has 0 bridgehead atoms. The number of piperidine rings is 1. The van der Waals surface area contributed by atoms with Crippen LogP contribution in [0, 0.1) is 13.8 Å². The zero-order chi connectivity index (χ0) is 25.9. The number of aryl methyl sites for hydroxylation is 2. The SMILES string of the molecule is Cc1cc(C2CCNCC2)c(C)cc1Nc1nc(Nc2ccccc2P(C)SC(C)C)n2nccc2n1. The number of nitrogens with zero attached hydrogens (tertiary/aromatic N) is 4. The molecule has 0 amide bonds. The minimum Gasteiger partial charge on any atom is -0.324 e. The van der Waals surface area contributed by atoms with E-state index in [4.69, 9.17) is 9.97 Å². The number of hydrogen-bond donors (Lipinski definition) is 3. The lowest BCUT2D eigenvalue weighted by atomic mass is 9.86. The van der Waals surface area contributed by atoms with Crippen molar-refractivity contribution in [3.63, 3.8) is 0 Å². The van der Waals surface area contributed by atoms with Crippen LogP contribution in [-0.2, 0) is 0 Å². The topological polar surface area (TPSA) is 79.2 Å². The molecule has 1 fully saturated rings. The van der Waals surface area contributed by atoms with Crippen molar-refractivity contribution >= 4 is 52.7 Å². The summed E-state index contributed by atoms with van der Waals surface area (Å²) in [6, 6.07) is 15.0. The van der Waals surface area contributed by atoms with E-state index in [9.17, 15) is 0 Å². The minimum absolute atomic E-state index is 0.367. The summed E-state index contributed by atoms with van der Waals surface area (Å²) in [7, 11) is -0.367. The summed E-state index contributed by atoms with van der Waals surface area (Å²) < 4.78 is 1.76. The number of anilines is 4. The van der Waals surface area contributed by atoms with Gasteiger partial charge in [0.15, 0.2) is 5.65 Å². The van der Waals surface area contributed by atoms with Crippen LogP contribution in [0.1, 0.15) is 49.3 Å². The van der Waals surface area contributed by atoms with Crippen molar-refractivity contribution in [3.8, 4) is 0 Å². The van der Waals surface area contributed by atoms with Crippen molar-refractivity contribution in [1.29, 1.82) is 0 Å². The van der Waals surface area contributed by atoms with Crippen LogP contribution >= 0.6 is 18.5 Å². The molecule has 2 aromatic heterocycles. The molecule has 7 nitrogen and oxygen atoms in total. The zero-order valence-electron chi connectivity index (χ0n) is 22.2. The third-order valence-corrected chi connectivity index (χ3v) is 11.4. The Morgan fingerprint density at radius 1 is 1.00 bits per heavy atom. The third kappa shape index (κ3) is 5.92. The van der Waals surface area contributed by atoms with E-state index in [0.717, 1.165) is 30.1 Å². The van der Waals surface area contributed by atoms with Gasteiger partial charge in [-0.1, -0.05) is 38.1 Å². The predicted molar refractivity (Wildman–Crippen MR) is 160 cm³/mol. The monoisotopic (exact) mass is 533 g/mol. The summed E-state index contributed by atoms with van der Waals surface area (Å²) in [6.07, 6.45) is 4.15. The summed E-state index contributed by atoms with van der Waals surface area (Å²) >= 11 is 2.01. The maximum absolute atomic E-state index is 4.87. The molecule has 0 radical (unpaired) electrons. The van der Waals surface area contributed by atoms with Gasteiger partial charge in [0.2, 0.25) is 11.9 Å². The zero-order valence-corrected chi connectivity index (χ0v) is 24.0. The lowest BCUT2D eigenvalue weighted by Gasteiger charge is -2.25. The molecule has 2 aromatic carbocycles. The molecule has 194 valence electrons. The average molecular weight is 534 g/mol. The van der Waals surface area contributed by atoms with Crippen LogP contribution in [0.15, 0.2) is 48.7 Å². The van der Waals surface area contributed by atoms with Crippen LogP contribution < -0.4 is 21.3 Å². The largest absolute Gasteiger partial charge is 0.324 e. The van der Waals surface area contributed by atoms with Gasteiger partial charge in [0.25, 0.3) is 0 Å². The molecule has 9 heteroatoms. The van der Waals surface area contributed by atoms with E-state index < -0.39 is 0 Å². The van der Waals surface area contributed by atoms with E-state index in [1.165, 1.54) is 34.8 Å². The van der Waals surface area contributed by atoms with Gasteiger partial charge in [-0.25, -0.2) is 0 Å². The standard InChI is InChI=1S/C28H36N7PS/c1-18(2)37-36(5)25-9-7-6-8-23(25)32-28-34-27(33-26-12-15-30-35(26)28)31-24-17-19(3)22(16-20(24)4)21-10-13-29-14-11-21/h6-9,12,15-18,21,29H,10-11,13-14H2,1-5H3,(H2,31,32,33,34).